The Morgan fingerprint density at radius 3 is 2.52 bits per heavy atom. The van der Waals surface area contributed by atoms with E-state index in [1.54, 1.807) is 0 Å². The van der Waals surface area contributed by atoms with Crippen molar-refractivity contribution in [1.82, 2.24) is 10.6 Å². The van der Waals surface area contributed by atoms with Crippen molar-refractivity contribution < 1.29 is 14.3 Å². The van der Waals surface area contributed by atoms with Crippen molar-refractivity contribution in [2.45, 2.75) is 76.7 Å². The maximum atomic E-state index is 12.3. The Morgan fingerprint density at radius 1 is 1.17 bits per heavy atom. The van der Waals surface area contributed by atoms with Crippen LogP contribution in [-0.4, -0.2) is 42.7 Å². The summed E-state index contributed by atoms with van der Waals surface area (Å²) in [4.78, 5) is 24.4. The molecule has 4 atom stereocenters. The predicted molar refractivity (Wildman–Crippen MR) is 91.4 cm³/mol. The van der Waals surface area contributed by atoms with Gasteiger partial charge in [-0.25, -0.2) is 0 Å². The fourth-order valence-corrected chi connectivity index (χ4v) is 3.33. The summed E-state index contributed by atoms with van der Waals surface area (Å²) < 4.78 is 5.62. The summed E-state index contributed by atoms with van der Waals surface area (Å²) in [7, 11) is 0. The predicted octanol–water partition coefficient (Wildman–Crippen LogP) is 1.11. The minimum Gasteiger partial charge on any atom is -0.364 e. The summed E-state index contributed by atoms with van der Waals surface area (Å²) in [5.41, 5.74) is 5.57. The van der Waals surface area contributed by atoms with Crippen molar-refractivity contribution >= 4 is 24.2 Å². The van der Waals surface area contributed by atoms with Crippen LogP contribution in [0.2, 0.25) is 0 Å². The molecular weight excluding hydrogens is 318 g/mol. The average molecular weight is 348 g/mol. The first-order chi connectivity index (χ1) is 10.5. The number of rotatable bonds is 5. The Hall–Kier alpha value is -0.850. The van der Waals surface area contributed by atoms with Gasteiger partial charge in [0.15, 0.2) is 0 Å². The fraction of sp³-hybridized carbons (Fsp3) is 0.875. The Kier molecular flexibility index (Phi) is 8.29. The van der Waals surface area contributed by atoms with Gasteiger partial charge in [-0.2, -0.15) is 0 Å². The SMILES string of the molecule is CC(C)NC(=O)C1CCCC(NC(=O)[C@@H]2CC[C@H](CN)O2)C1.Cl. The maximum absolute atomic E-state index is 12.3. The Balaban J connectivity index is 0.00000264. The lowest BCUT2D eigenvalue weighted by Gasteiger charge is -2.30. The summed E-state index contributed by atoms with van der Waals surface area (Å²) in [5, 5.41) is 6.02. The lowest BCUT2D eigenvalue weighted by atomic mass is 9.85. The van der Waals surface area contributed by atoms with Gasteiger partial charge in [0.25, 0.3) is 0 Å². The third kappa shape index (κ3) is 5.94. The molecule has 2 unspecified atom stereocenters. The van der Waals surface area contributed by atoms with Crippen LogP contribution in [0.4, 0.5) is 0 Å². The van der Waals surface area contributed by atoms with Crippen LogP contribution in [0.5, 0.6) is 0 Å². The number of nitrogens with one attached hydrogen (secondary N) is 2. The van der Waals surface area contributed by atoms with Crippen molar-refractivity contribution in [1.29, 1.82) is 0 Å². The summed E-state index contributed by atoms with van der Waals surface area (Å²) in [6, 6.07) is 0.229. The molecule has 2 rings (SSSR count). The molecule has 0 radical (unpaired) electrons. The Labute approximate surface area is 144 Å². The van der Waals surface area contributed by atoms with Crippen molar-refractivity contribution in [2.24, 2.45) is 11.7 Å². The van der Waals surface area contributed by atoms with Gasteiger partial charge in [-0.3, -0.25) is 9.59 Å². The number of halogens is 1. The van der Waals surface area contributed by atoms with Crippen LogP contribution in [0.3, 0.4) is 0 Å². The fourth-order valence-electron chi connectivity index (χ4n) is 3.33. The minimum atomic E-state index is -0.376. The molecule has 2 aliphatic rings. The smallest absolute Gasteiger partial charge is 0.249 e. The van der Waals surface area contributed by atoms with Gasteiger partial charge >= 0.3 is 0 Å². The molecule has 0 aromatic carbocycles. The zero-order valence-electron chi connectivity index (χ0n) is 14.0. The molecule has 0 aromatic heterocycles. The number of hydrogen-bond donors (Lipinski definition) is 3. The van der Waals surface area contributed by atoms with Crippen LogP contribution >= 0.6 is 12.4 Å². The first-order valence-corrected chi connectivity index (χ1v) is 8.46. The van der Waals surface area contributed by atoms with Gasteiger partial charge < -0.3 is 21.1 Å². The zero-order valence-corrected chi connectivity index (χ0v) is 14.9. The molecule has 2 fully saturated rings. The summed E-state index contributed by atoms with van der Waals surface area (Å²) in [6.45, 7) is 4.39. The van der Waals surface area contributed by atoms with Crippen LogP contribution in [-0.2, 0) is 14.3 Å². The first-order valence-electron chi connectivity index (χ1n) is 8.46. The van der Waals surface area contributed by atoms with E-state index in [1.807, 2.05) is 13.8 Å². The molecule has 4 N–H and O–H groups in total. The Bertz CT molecular complexity index is 406. The summed E-state index contributed by atoms with van der Waals surface area (Å²) in [5.74, 6) is 0.0582. The average Bonchev–Trinajstić information content (AvgIpc) is 2.96. The molecule has 6 nitrogen and oxygen atoms in total. The second-order valence-corrected chi connectivity index (χ2v) is 6.79. The summed E-state index contributed by atoms with van der Waals surface area (Å²) >= 11 is 0. The molecule has 0 bridgehead atoms. The zero-order chi connectivity index (χ0) is 16.1. The second kappa shape index (κ2) is 9.45. The highest BCUT2D eigenvalue weighted by Gasteiger charge is 2.33. The van der Waals surface area contributed by atoms with Gasteiger partial charge in [0.05, 0.1) is 6.10 Å². The molecule has 7 heteroatoms. The van der Waals surface area contributed by atoms with Crippen LogP contribution < -0.4 is 16.4 Å². The number of amides is 2. The third-order valence-electron chi connectivity index (χ3n) is 4.49. The van der Waals surface area contributed by atoms with E-state index in [0.717, 1.165) is 38.5 Å². The highest BCUT2D eigenvalue weighted by Crippen LogP contribution is 2.26. The van der Waals surface area contributed by atoms with Gasteiger partial charge in [0.2, 0.25) is 11.8 Å². The molecule has 1 aliphatic heterocycles. The van der Waals surface area contributed by atoms with Gasteiger partial charge in [-0.15, -0.1) is 12.4 Å². The van der Waals surface area contributed by atoms with Crippen molar-refractivity contribution in [3.8, 4) is 0 Å². The van der Waals surface area contributed by atoms with Gasteiger partial charge in [0, 0.05) is 24.5 Å². The minimum absolute atomic E-state index is 0. The largest absolute Gasteiger partial charge is 0.364 e. The number of nitrogens with two attached hydrogens (primary N) is 1. The molecule has 1 heterocycles. The molecule has 2 amide bonds. The first kappa shape index (κ1) is 20.2. The van der Waals surface area contributed by atoms with Crippen LogP contribution in [0.15, 0.2) is 0 Å². The van der Waals surface area contributed by atoms with E-state index in [4.69, 9.17) is 10.5 Å². The van der Waals surface area contributed by atoms with E-state index in [-0.39, 0.29) is 54.4 Å². The van der Waals surface area contributed by atoms with E-state index in [2.05, 4.69) is 10.6 Å². The topological polar surface area (TPSA) is 93.5 Å². The van der Waals surface area contributed by atoms with E-state index in [9.17, 15) is 9.59 Å². The summed E-state index contributed by atoms with van der Waals surface area (Å²) in [6.07, 6.45) is 4.74. The molecule has 134 valence electrons. The standard InChI is InChI=1S/C16H29N3O3.ClH/c1-10(2)18-15(20)11-4-3-5-12(8-11)19-16(21)14-7-6-13(9-17)22-14;/h10-14H,3-9,17H2,1-2H3,(H,18,20)(H,19,21);1H/t11?,12?,13-,14+;/m1./s1. The van der Waals surface area contributed by atoms with Crippen molar-refractivity contribution in [3.63, 3.8) is 0 Å². The molecule has 1 saturated carbocycles. The Morgan fingerprint density at radius 2 is 1.91 bits per heavy atom. The van der Waals surface area contributed by atoms with Gasteiger partial charge in [0.1, 0.15) is 6.10 Å². The molecular formula is C16H30ClN3O3. The molecule has 0 spiro atoms. The van der Waals surface area contributed by atoms with E-state index in [0.29, 0.717) is 6.54 Å². The van der Waals surface area contributed by atoms with E-state index in [1.165, 1.54) is 0 Å². The molecule has 1 saturated heterocycles. The molecule has 0 aromatic rings. The van der Waals surface area contributed by atoms with Crippen LogP contribution in [0.1, 0.15) is 52.4 Å². The van der Waals surface area contributed by atoms with E-state index >= 15 is 0 Å². The maximum Gasteiger partial charge on any atom is 0.249 e. The lowest BCUT2D eigenvalue weighted by molar-refractivity contribution is -0.134. The van der Waals surface area contributed by atoms with Crippen molar-refractivity contribution in [2.75, 3.05) is 6.54 Å². The number of hydrogen-bond acceptors (Lipinski definition) is 4. The monoisotopic (exact) mass is 347 g/mol. The van der Waals surface area contributed by atoms with Crippen LogP contribution in [0, 0.1) is 5.92 Å². The molecule has 1 aliphatic carbocycles. The molecule has 23 heavy (non-hydrogen) atoms. The number of ether oxygens (including phenoxy) is 1. The van der Waals surface area contributed by atoms with Gasteiger partial charge in [-0.1, -0.05) is 6.42 Å². The van der Waals surface area contributed by atoms with Crippen molar-refractivity contribution in [3.05, 3.63) is 0 Å². The second-order valence-electron chi connectivity index (χ2n) is 6.79. The van der Waals surface area contributed by atoms with Gasteiger partial charge in [-0.05, 0) is 46.0 Å². The quantitative estimate of drug-likeness (QED) is 0.694. The third-order valence-corrected chi connectivity index (χ3v) is 4.49. The lowest BCUT2D eigenvalue weighted by Crippen LogP contribution is -2.46. The van der Waals surface area contributed by atoms with E-state index < -0.39 is 0 Å². The van der Waals surface area contributed by atoms with Crippen LogP contribution in [0.25, 0.3) is 0 Å². The number of carbonyl (C=O) groups is 2. The highest BCUT2D eigenvalue weighted by molar-refractivity contribution is 5.85. The highest BCUT2D eigenvalue weighted by atomic mass is 35.5. The number of carbonyl (C=O) groups excluding carboxylic acids is 2. The normalized spacial score (nSPS) is 30.6.